The molecule has 0 bridgehead atoms. The van der Waals surface area contributed by atoms with Crippen molar-refractivity contribution in [1.82, 2.24) is 4.57 Å². The molecule has 0 radical (unpaired) electrons. The number of hydrogen-bond donors (Lipinski definition) is 0. The van der Waals surface area contributed by atoms with Gasteiger partial charge in [0.25, 0.3) is 0 Å². The van der Waals surface area contributed by atoms with E-state index in [4.69, 9.17) is 0 Å². The maximum absolute atomic E-state index is 2.36. The second-order valence-electron chi connectivity index (χ2n) is 11.5. The summed E-state index contributed by atoms with van der Waals surface area (Å²) in [5.41, 5.74) is 11.6. The molecule has 0 aliphatic heterocycles. The van der Waals surface area contributed by atoms with Gasteiger partial charge >= 0.3 is 0 Å². The van der Waals surface area contributed by atoms with E-state index in [0.29, 0.717) is 0 Å². The smallest absolute Gasteiger partial charge is 0.0541 e. The Morgan fingerprint density at radius 3 is 1.50 bits per heavy atom. The van der Waals surface area contributed by atoms with Crippen LogP contribution in [0.4, 0.5) is 17.1 Å². The summed E-state index contributed by atoms with van der Waals surface area (Å²) in [6.07, 6.45) is 4.32. The van der Waals surface area contributed by atoms with E-state index in [1.54, 1.807) is 0 Å². The maximum atomic E-state index is 2.36. The number of fused-ring (bicyclic) bond motifs is 3. The van der Waals surface area contributed by atoms with Gasteiger partial charge in [-0.2, -0.15) is 0 Å². The van der Waals surface area contributed by atoms with Crippen molar-refractivity contribution < 1.29 is 0 Å². The van der Waals surface area contributed by atoms with Gasteiger partial charge in [-0.3, -0.25) is 0 Å². The van der Waals surface area contributed by atoms with Gasteiger partial charge in [0.15, 0.2) is 0 Å². The molecule has 2 heteroatoms. The molecule has 1 heterocycles. The number of aromatic nitrogens is 1. The number of benzene rings is 7. The highest BCUT2D eigenvalue weighted by Crippen LogP contribution is 2.38. The molecule has 218 valence electrons. The molecule has 0 fully saturated rings. The third-order valence-electron chi connectivity index (χ3n) is 8.58. The molecule has 2 nitrogen and oxygen atoms in total. The molecule has 7 aromatic carbocycles. The highest BCUT2D eigenvalue weighted by molar-refractivity contribution is 6.09. The minimum atomic E-state index is 1.10. The van der Waals surface area contributed by atoms with Gasteiger partial charge in [-0.05, 0) is 82.9 Å². The van der Waals surface area contributed by atoms with Crippen LogP contribution in [0.2, 0.25) is 0 Å². The molecule has 0 aliphatic rings. The maximum Gasteiger partial charge on any atom is 0.0541 e. The summed E-state index contributed by atoms with van der Waals surface area (Å²) < 4.78 is 2.36. The number of hydrogen-bond acceptors (Lipinski definition) is 1. The van der Waals surface area contributed by atoms with E-state index < -0.39 is 0 Å². The van der Waals surface area contributed by atoms with Crippen molar-refractivity contribution in [3.63, 3.8) is 0 Å². The molecule has 0 amide bonds. The third-order valence-corrected chi connectivity index (χ3v) is 8.58. The first-order valence-electron chi connectivity index (χ1n) is 15.7. The first-order chi connectivity index (χ1) is 22.8. The van der Waals surface area contributed by atoms with Gasteiger partial charge in [0.05, 0.1) is 11.0 Å². The second kappa shape index (κ2) is 12.1. The van der Waals surface area contributed by atoms with E-state index in [1.807, 2.05) is 6.07 Å². The Labute approximate surface area is 269 Å². The van der Waals surface area contributed by atoms with Crippen LogP contribution in [0.15, 0.2) is 182 Å². The first kappa shape index (κ1) is 27.4. The highest BCUT2D eigenvalue weighted by atomic mass is 15.1. The monoisotopic (exact) mass is 588 g/mol. The van der Waals surface area contributed by atoms with Gasteiger partial charge < -0.3 is 9.47 Å². The lowest BCUT2D eigenvalue weighted by molar-refractivity contribution is 1.17. The highest BCUT2D eigenvalue weighted by Gasteiger charge is 2.16. The fourth-order valence-electron chi connectivity index (χ4n) is 6.34. The third kappa shape index (κ3) is 5.27. The molecule has 1 aromatic heterocycles. The lowest BCUT2D eigenvalue weighted by atomic mass is 10.0. The molecule has 0 spiro atoms. The van der Waals surface area contributed by atoms with Crippen molar-refractivity contribution in [1.29, 1.82) is 0 Å². The molecule has 0 atom stereocenters. The Morgan fingerprint density at radius 1 is 0.370 bits per heavy atom. The van der Waals surface area contributed by atoms with Crippen LogP contribution >= 0.6 is 0 Å². The van der Waals surface area contributed by atoms with E-state index >= 15 is 0 Å². The van der Waals surface area contributed by atoms with Crippen LogP contribution in [0, 0.1) is 0 Å². The lowest BCUT2D eigenvalue weighted by Crippen LogP contribution is -2.10. The van der Waals surface area contributed by atoms with Crippen LogP contribution in [-0.2, 0) is 0 Å². The summed E-state index contributed by atoms with van der Waals surface area (Å²) in [5.74, 6) is 0. The quantitative estimate of drug-likeness (QED) is 0.168. The number of nitrogens with zero attached hydrogens (tertiary/aromatic N) is 2. The van der Waals surface area contributed by atoms with Gasteiger partial charge in [0.1, 0.15) is 0 Å². The molecule has 0 saturated carbocycles. The topological polar surface area (TPSA) is 8.17 Å². The van der Waals surface area contributed by atoms with E-state index in [2.05, 4.69) is 198 Å². The average molecular weight is 589 g/mol. The Bertz CT molecular complexity index is 2220. The van der Waals surface area contributed by atoms with Crippen LogP contribution in [0.25, 0.3) is 50.8 Å². The zero-order valence-corrected chi connectivity index (χ0v) is 25.4. The van der Waals surface area contributed by atoms with Crippen LogP contribution in [-0.4, -0.2) is 4.57 Å². The fourth-order valence-corrected chi connectivity index (χ4v) is 6.34. The SMILES string of the molecule is C(=C\c1ccc(N(c2ccc(-n3c4ccccc4c4ccccc43)cc2)c2cccc(-c3ccccc3)c2)cc1)/c1ccccc1. The number of para-hydroxylation sites is 2. The van der Waals surface area contributed by atoms with Crippen molar-refractivity contribution in [3.8, 4) is 16.8 Å². The Hall–Kier alpha value is -6.12. The molecule has 0 unspecified atom stereocenters. The van der Waals surface area contributed by atoms with Gasteiger partial charge in [-0.1, -0.05) is 133 Å². The van der Waals surface area contributed by atoms with Crippen LogP contribution in [0.5, 0.6) is 0 Å². The summed E-state index contributed by atoms with van der Waals surface area (Å²) in [6.45, 7) is 0. The average Bonchev–Trinajstić information content (AvgIpc) is 3.47. The van der Waals surface area contributed by atoms with E-state index in [1.165, 1.54) is 38.5 Å². The Balaban J connectivity index is 1.21. The summed E-state index contributed by atoms with van der Waals surface area (Å²) in [5, 5.41) is 2.53. The van der Waals surface area contributed by atoms with Crippen molar-refractivity contribution >= 4 is 51.0 Å². The summed E-state index contributed by atoms with van der Waals surface area (Å²) in [4.78, 5) is 2.34. The first-order valence-corrected chi connectivity index (χ1v) is 15.7. The number of rotatable bonds is 7. The van der Waals surface area contributed by atoms with Crippen molar-refractivity contribution in [3.05, 3.63) is 193 Å². The Morgan fingerprint density at radius 2 is 0.870 bits per heavy atom. The normalized spacial score (nSPS) is 11.4. The summed E-state index contributed by atoms with van der Waals surface area (Å²) >= 11 is 0. The van der Waals surface area contributed by atoms with Crippen LogP contribution in [0.1, 0.15) is 11.1 Å². The Kier molecular flexibility index (Phi) is 7.22. The minimum Gasteiger partial charge on any atom is -0.310 e. The van der Waals surface area contributed by atoms with Crippen molar-refractivity contribution in [2.24, 2.45) is 0 Å². The summed E-state index contributed by atoms with van der Waals surface area (Å²) in [7, 11) is 0. The fraction of sp³-hybridized carbons (Fsp3) is 0. The number of anilines is 3. The minimum absolute atomic E-state index is 1.10. The van der Waals surface area contributed by atoms with E-state index in [0.717, 1.165) is 28.3 Å². The predicted octanol–water partition coefficient (Wildman–Crippen LogP) is 12.1. The zero-order valence-electron chi connectivity index (χ0n) is 25.4. The van der Waals surface area contributed by atoms with E-state index in [-0.39, 0.29) is 0 Å². The summed E-state index contributed by atoms with van der Waals surface area (Å²) in [6, 6.07) is 64.8. The lowest BCUT2D eigenvalue weighted by Gasteiger charge is -2.26. The standard InChI is InChI=1S/C44H32N2/c1-3-12-33(13-4-1)22-23-34-24-26-37(27-25-34)45(40-17-11-16-36(32-40)35-14-5-2-6-15-35)38-28-30-39(31-29-38)46-43-20-9-7-18-41(43)42-19-8-10-21-44(42)46/h1-32H/b23-22+. The second-order valence-corrected chi connectivity index (χ2v) is 11.5. The van der Waals surface area contributed by atoms with Gasteiger partial charge in [-0.15, -0.1) is 0 Å². The van der Waals surface area contributed by atoms with Gasteiger partial charge in [0, 0.05) is 33.5 Å². The van der Waals surface area contributed by atoms with Gasteiger partial charge in [-0.25, -0.2) is 0 Å². The zero-order chi connectivity index (χ0) is 30.7. The van der Waals surface area contributed by atoms with Crippen molar-refractivity contribution in [2.45, 2.75) is 0 Å². The van der Waals surface area contributed by atoms with E-state index in [9.17, 15) is 0 Å². The predicted molar refractivity (Wildman–Crippen MR) is 196 cm³/mol. The molecule has 8 rings (SSSR count). The molecule has 0 aliphatic carbocycles. The van der Waals surface area contributed by atoms with Gasteiger partial charge in [0.2, 0.25) is 0 Å². The van der Waals surface area contributed by atoms with Crippen LogP contribution < -0.4 is 4.90 Å². The van der Waals surface area contributed by atoms with Crippen LogP contribution in [0.3, 0.4) is 0 Å². The van der Waals surface area contributed by atoms with Crippen molar-refractivity contribution in [2.75, 3.05) is 4.90 Å². The molecule has 0 saturated heterocycles. The molecule has 0 N–H and O–H groups in total. The largest absolute Gasteiger partial charge is 0.310 e. The molecular formula is C44H32N2. The molecule has 46 heavy (non-hydrogen) atoms. The molecule has 8 aromatic rings. The molecular weight excluding hydrogens is 556 g/mol.